The predicted octanol–water partition coefficient (Wildman–Crippen LogP) is 3.97. The second-order valence-electron chi connectivity index (χ2n) is 4.32. The summed E-state index contributed by atoms with van der Waals surface area (Å²) in [6, 6.07) is 17.3. The van der Waals surface area contributed by atoms with Crippen LogP contribution in [0.5, 0.6) is 11.5 Å². The molecule has 0 spiro atoms. The summed E-state index contributed by atoms with van der Waals surface area (Å²) < 4.78 is 5.76. The Kier molecular flexibility index (Phi) is 5.91. The van der Waals surface area contributed by atoms with E-state index in [1.165, 1.54) is 17.8 Å². The normalized spacial score (nSPS) is 10.5. The molecular formula is C17H17NO2S. The summed E-state index contributed by atoms with van der Waals surface area (Å²) in [6.45, 7) is 0.476. The van der Waals surface area contributed by atoms with Gasteiger partial charge in [-0.25, -0.2) is 0 Å². The number of hydrogen-bond acceptors (Lipinski definition) is 3. The van der Waals surface area contributed by atoms with Gasteiger partial charge in [0.25, 0.3) is 0 Å². The van der Waals surface area contributed by atoms with Gasteiger partial charge >= 0.3 is 0 Å². The summed E-state index contributed by atoms with van der Waals surface area (Å²) in [5.41, 5.74) is 0.995. The van der Waals surface area contributed by atoms with E-state index in [0.717, 1.165) is 17.1 Å². The van der Waals surface area contributed by atoms with Crippen LogP contribution in [-0.4, -0.2) is 12.2 Å². The Balaban J connectivity index is 1.95. The van der Waals surface area contributed by atoms with Crippen molar-refractivity contribution in [2.75, 3.05) is 6.26 Å². The first kappa shape index (κ1) is 15.2. The van der Waals surface area contributed by atoms with Crippen molar-refractivity contribution in [2.45, 2.75) is 6.54 Å². The molecule has 3 nitrogen and oxygen atoms in total. The highest BCUT2D eigenvalue weighted by Gasteiger charge is 2.00. The molecule has 2 rings (SSSR count). The third kappa shape index (κ3) is 5.36. The largest absolute Gasteiger partial charge is 0.457 e. The third-order valence-corrected chi connectivity index (χ3v) is 3.11. The first-order valence-corrected chi connectivity index (χ1v) is 7.86. The molecule has 0 fully saturated rings. The summed E-state index contributed by atoms with van der Waals surface area (Å²) in [5.74, 6) is 1.45. The average Bonchev–Trinajstić information content (AvgIpc) is 2.52. The molecule has 0 radical (unpaired) electrons. The summed E-state index contributed by atoms with van der Waals surface area (Å²) in [7, 11) is 0. The van der Waals surface area contributed by atoms with E-state index >= 15 is 0 Å². The maximum absolute atomic E-state index is 11.5. The van der Waals surface area contributed by atoms with E-state index in [-0.39, 0.29) is 5.91 Å². The van der Waals surface area contributed by atoms with Gasteiger partial charge < -0.3 is 10.1 Å². The van der Waals surface area contributed by atoms with Gasteiger partial charge in [-0.3, -0.25) is 4.79 Å². The van der Waals surface area contributed by atoms with E-state index in [4.69, 9.17) is 4.74 Å². The summed E-state index contributed by atoms with van der Waals surface area (Å²) in [6.07, 6.45) is 3.43. The second kappa shape index (κ2) is 8.17. The van der Waals surface area contributed by atoms with Crippen LogP contribution in [0.15, 0.2) is 66.1 Å². The van der Waals surface area contributed by atoms with Gasteiger partial charge in [-0.1, -0.05) is 30.3 Å². The fraction of sp³-hybridized carbons (Fsp3) is 0.118. The minimum Gasteiger partial charge on any atom is -0.457 e. The molecule has 0 aliphatic heterocycles. The highest BCUT2D eigenvalue weighted by Crippen LogP contribution is 2.21. The van der Waals surface area contributed by atoms with Crippen molar-refractivity contribution in [1.82, 2.24) is 5.32 Å². The number of thioether (sulfide) groups is 1. The Morgan fingerprint density at radius 3 is 2.67 bits per heavy atom. The Morgan fingerprint density at radius 1 is 1.14 bits per heavy atom. The van der Waals surface area contributed by atoms with Crippen LogP contribution in [0, 0.1) is 0 Å². The van der Waals surface area contributed by atoms with E-state index in [9.17, 15) is 4.79 Å². The average molecular weight is 299 g/mol. The minimum atomic E-state index is -0.0984. The quantitative estimate of drug-likeness (QED) is 0.820. The van der Waals surface area contributed by atoms with Crippen molar-refractivity contribution in [3.63, 3.8) is 0 Å². The van der Waals surface area contributed by atoms with Gasteiger partial charge in [0.05, 0.1) is 0 Å². The highest BCUT2D eigenvalue weighted by molar-refractivity contribution is 8.01. The molecule has 1 N–H and O–H groups in total. The number of benzene rings is 2. The monoisotopic (exact) mass is 299 g/mol. The fourth-order valence-corrected chi connectivity index (χ4v) is 1.98. The van der Waals surface area contributed by atoms with Gasteiger partial charge in [0, 0.05) is 12.6 Å². The molecule has 0 aliphatic rings. The Labute approximate surface area is 129 Å². The van der Waals surface area contributed by atoms with Crippen molar-refractivity contribution in [3.8, 4) is 11.5 Å². The SMILES string of the molecule is CS/C=C/C(=O)NCc1cccc(Oc2ccccc2)c1. The Bertz CT molecular complexity index is 611. The van der Waals surface area contributed by atoms with Gasteiger partial charge in [0.15, 0.2) is 0 Å². The van der Waals surface area contributed by atoms with Crippen molar-refractivity contribution in [3.05, 3.63) is 71.6 Å². The number of amides is 1. The number of carbonyl (C=O) groups is 1. The lowest BCUT2D eigenvalue weighted by molar-refractivity contribution is -0.116. The van der Waals surface area contributed by atoms with Gasteiger partial charge in [-0.15, -0.1) is 11.8 Å². The molecule has 1 amide bonds. The van der Waals surface area contributed by atoms with Crippen LogP contribution >= 0.6 is 11.8 Å². The van der Waals surface area contributed by atoms with Crippen LogP contribution in [0.4, 0.5) is 0 Å². The number of nitrogens with one attached hydrogen (secondary N) is 1. The van der Waals surface area contributed by atoms with Crippen LogP contribution < -0.4 is 10.1 Å². The molecule has 0 bridgehead atoms. The second-order valence-corrected chi connectivity index (χ2v) is 5.06. The summed E-state index contributed by atoms with van der Waals surface area (Å²) >= 11 is 1.49. The first-order chi connectivity index (χ1) is 10.3. The lowest BCUT2D eigenvalue weighted by Crippen LogP contribution is -2.20. The summed E-state index contributed by atoms with van der Waals surface area (Å²) in [4.78, 5) is 11.5. The van der Waals surface area contributed by atoms with Crippen molar-refractivity contribution in [1.29, 1.82) is 0 Å². The molecule has 0 aliphatic carbocycles. The molecule has 0 heterocycles. The molecule has 108 valence electrons. The van der Waals surface area contributed by atoms with E-state index < -0.39 is 0 Å². The zero-order valence-electron chi connectivity index (χ0n) is 11.8. The van der Waals surface area contributed by atoms with Crippen LogP contribution in [0.25, 0.3) is 0 Å². The predicted molar refractivity (Wildman–Crippen MR) is 87.5 cm³/mol. The number of ether oxygens (including phenoxy) is 1. The topological polar surface area (TPSA) is 38.3 Å². The van der Waals surface area contributed by atoms with Crippen LogP contribution in [0.2, 0.25) is 0 Å². The molecule has 4 heteroatoms. The summed E-state index contributed by atoms with van der Waals surface area (Å²) in [5, 5.41) is 4.58. The molecule has 0 saturated carbocycles. The van der Waals surface area contributed by atoms with E-state index in [0.29, 0.717) is 6.54 Å². The number of hydrogen-bond donors (Lipinski definition) is 1. The van der Waals surface area contributed by atoms with Crippen molar-refractivity contribution >= 4 is 17.7 Å². The maximum atomic E-state index is 11.5. The first-order valence-electron chi connectivity index (χ1n) is 6.57. The van der Waals surface area contributed by atoms with Gasteiger partial charge in [0.1, 0.15) is 11.5 Å². The zero-order valence-corrected chi connectivity index (χ0v) is 12.6. The van der Waals surface area contributed by atoms with Gasteiger partial charge in [-0.2, -0.15) is 0 Å². The van der Waals surface area contributed by atoms with Crippen molar-refractivity contribution < 1.29 is 9.53 Å². The third-order valence-electron chi connectivity index (χ3n) is 2.70. The molecule has 0 atom stereocenters. The number of para-hydroxylation sites is 1. The molecule has 2 aromatic carbocycles. The molecule has 0 aromatic heterocycles. The lowest BCUT2D eigenvalue weighted by atomic mass is 10.2. The standard InChI is InChI=1S/C17H17NO2S/c1-21-11-10-17(19)18-13-14-6-5-9-16(12-14)20-15-7-3-2-4-8-15/h2-12H,13H2,1H3,(H,18,19)/b11-10+. The number of rotatable bonds is 6. The number of carbonyl (C=O) groups excluding carboxylic acids is 1. The minimum absolute atomic E-state index is 0.0984. The molecule has 21 heavy (non-hydrogen) atoms. The van der Waals surface area contributed by atoms with E-state index in [2.05, 4.69) is 5.32 Å². The molecule has 2 aromatic rings. The van der Waals surface area contributed by atoms with Gasteiger partial charge in [-0.05, 0) is 41.5 Å². The smallest absolute Gasteiger partial charge is 0.244 e. The highest BCUT2D eigenvalue weighted by atomic mass is 32.2. The van der Waals surface area contributed by atoms with E-state index in [1.54, 1.807) is 5.41 Å². The Morgan fingerprint density at radius 2 is 1.90 bits per heavy atom. The van der Waals surface area contributed by atoms with Crippen LogP contribution in [-0.2, 0) is 11.3 Å². The zero-order chi connectivity index (χ0) is 14.9. The Hall–Kier alpha value is -2.20. The van der Waals surface area contributed by atoms with Gasteiger partial charge in [0.2, 0.25) is 5.91 Å². The maximum Gasteiger partial charge on any atom is 0.244 e. The molecular weight excluding hydrogens is 282 g/mol. The van der Waals surface area contributed by atoms with E-state index in [1.807, 2.05) is 60.9 Å². The molecule has 0 saturated heterocycles. The lowest BCUT2D eigenvalue weighted by Gasteiger charge is -2.08. The van der Waals surface area contributed by atoms with Crippen LogP contribution in [0.1, 0.15) is 5.56 Å². The fourth-order valence-electron chi connectivity index (χ4n) is 1.72. The van der Waals surface area contributed by atoms with Crippen molar-refractivity contribution in [2.24, 2.45) is 0 Å². The molecule has 0 unspecified atom stereocenters. The van der Waals surface area contributed by atoms with Crippen LogP contribution in [0.3, 0.4) is 0 Å².